The Kier molecular flexibility index (Phi) is 6.87. The summed E-state index contributed by atoms with van der Waals surface area (Å²) in [7, 11) is 1.65. The summed E-state index contributed by atoms with van der Waals surface area (Å²) in [5.74, 6) is 0.489. The number of carbonyl (C=O) groups is 2. The number of nitrogens with one attached hydrogen (secondary N) is 1. The second kappa shape index (κ2) is 10.2. The molecule has 2 aromatic carbocycles. The summed E-state index contributed by atoms with van der Waals surface area (Å²) in [6, 6.07) is 14.9. The molecule has 0 aliphatic carbocycles. The maximum absolute atomic E-state index is 12.6. The highest BCUT2D eigenvalue weighted by atomic mass is 16.5. The van der Waals surface area contributed by atoms with Crippen molar-refractivity contribution in [2.75, 3.05) is 44.7 Å². The Labute approximate surface area is 191 Å². The van der Waals surface area contributed by atoms with Crippen molar-refractivity contribution in [3.63, 3.8) is 0 Å². The van der Waals surface area contributed by atoms with E-state index >= 15 is 0 Å². The number of amides is 2. The first kappa shape index (κ1) is 22.3. The smallest absolute Gasteiger partial charge is 0.261 e. The maximum atomic E-state index is 12.6. The van der Waals surface area contributed by atoms with E-state index in [0.717, 1.165) is 24.5 Å². The van der Waals surface area contributed by atoms with Gasteiger partial charge in [0.1, 0.15) is 12.3 Å². The van der Waals surface area contributed by atoms with Gasteiger partial charge in [0.2, 0.25) is 11.8 Å². The molecule has 1 saturated heterocycles. The topological polar surface area (TPSA) is 96.8 Å². The Bertz CT molecular complexity index is 1200. The fraction of sp³-hybridized carbons (Fsp3) is 0.333. The monoisotopic (exact) mass is 449 g/mol. The summed E-state index contributed by atoms with van der Waals surface area (Å²) >= 11 is 0. The van der Waals surface area contributed by atoms with Gasteiger partial charge in [-0.1, -0.05) is 24.3 Å². The quantitative estimate of drug-likeness (QED) is 0.583. The molecule has 3 aromatic rings. The average Bonchev–Trinajstić information content (AvgIpc) is 2.86. The third kappa shape index (κ3) is 5.14. The van der Waals surface area contributed by atoms with Crippen LogP contribution >= 0.6 is 0 Å². The van der Waals surface area contributed by atoms with Crippen LogP contribution in [0.15, 0.2) is 59.7 Å². The van der Waals surface area contributed by atoms with Crippen LogP contribution in [-0.2, 0) is 16.1 Å². The van der Waals surface area contributed by atoms with Gasteiger partial charge in [0, 0.05) is 39.1 Å². The second-order valence-corrected chi connectivity index (χ2v) is 7.83. The molecule has 0 atom stereocenters. The van der Waals surface area contributed by atoms with Crippen molar-refractivity contribution >= 4 is 28.4 Å². The summed E-state index contributed by atoms with van der Waals surface area (Å²) in [6.45, 7) is 2.75. The molecule has 33 heavy (non-hydrogen) atoms. The van der Waals surface area contributed by atoms with E-state index in [2.05, 4.69) is 15.2 Å². The van der Waals surface area contributed by atoms with E-state index in [1.54, 1.807) is 31.4 Å². The lowest BCUT2D eigenvalue weighted by Gasteiger charge is -2.36. The van der Waals surface area contributed by atoms with Crippen LogP contribution in [0, 0.1) is 0 Å². The molecule has 2 heterocycles. The third-order valence-electron chi connectivity index (χ3n) is 5.76. The lowest BCUT2D eigenvalue weighted by atomic mass is 10.2. The van der Waals surface area contributed by atoms with Gasteiger partial charge in [-0.2, -0.15) is 0 Å². The number of aromatic nitrogens is 2. The van der Waals surface area contributed by atoms with Gasteiger partial charge in [0.05, 0.1) is 30.0 Å². The van der Waals surface area contributed by atoms with Crippen LogP contribution in [0.2, 0.25) is 0 Å². The van der Waals surface area contributed by atoms with E-state index in [4.69, 9.17) is 4.74 Å². The molecule has 4 rings (SSSR count). The van der Waals surface area contributed by atoms with Gasteiger partial charge in [-0.05, 0) is 24.3 Å². The van der Waals surface area contributed by atoms with Crippen LogP contribution in [0.3, 0.4) is 0 Å². The van der Waals surface area contributed by atoms with Crippen LogP contribution < -0.4 is 20.5 Å². The number of piperazine rings is 1. The zero-order chi connectivity index (χ0) is 23.2. The number of methoxy groups -OCH3 is 1. The first-order chi connectivity index (χ1) is 16.1. The lowest BCUT2D eigenvalue weighted by molar-refractivity contribution is -0.131. The molecular formula is C24H27N5O4. The van der Waals surface area contributed by atoms with Crippen LogP contribution in [0.5, 0.6) is 5.75 Å². The van der Waals surface area contributed by atoms with Crippen molar-refractivity contribution in [1.82, 2.24) is 19.8 Å². The predicted octanol–water partition coefficient (Wildman–Crippen LogP) is 1.26. The Balaban J connectivity index is 1.23. The molecule has 1 aliphatic rings. The van der Waals surface area contributed by atoms with E-state index in [0.29, 0.717) is 24.0 Å². The molecule has 9 nitrogen and oxygen atoms in total. The van der Waals surface area contributed by atoms with Crippen LogP contribution in [0.1, 0.15) is 6.42 Å². The molecule has 1 N–H and O–H groups in total. The molecule has 9 heteroatoms. The number of hydrogen-bond donors (Lipinski definition) is 1. The summed E-state index contributed by atoms with van der Waals surface area (Å²) in [4.78, 5) is 45.6. The minimum Gasteiger partial charge on any atom is -0.495 e. The van der Waals surface area contributed by atoms with Crippen LogP contribution in [0.25, 0.3) is 10.9 Å². The van der Waals surface area contributed by atoms with E-state index < -0.39 is 0 Å². The summed E-state index contributed by atoms with van der Waals surface area (Å²) in [5, 5.41) is 3.19. The van der Waals surface area contributed by atoms with Gasteiger partial charge in [0.25, 0.3) is 5.56 Å². The summed E-state index contributed by atoms with van der Waals surface area (Å²) in [6.07, 6.45) is 1.59. The van der Waals surface area contributed by atoms with E-state index in [1.165, 1.54) is 10.9 Å². The van der Waals surface area contributed by atoms with Crippen molar-refractivity contribution < 1.29 is 14.3 Å². The van der Waals surface area contributed by atoms with Gasteiger partial charge in [-0.3, -0.25) is 19.0 Å². The normalized spacial score (nSPS) is 13.7. The van der Waals surface area contributed by atoms with Crippen LogP contribution in [0.4, 0.5) is 5.69 Å². The zero-order valence-corrected chi connectivity index (χ0v) is 18.6. The number of hydrogen-bond acceptors (Lipinski definition) is 6. The molecule has 2 amide bonds. The standard InChI is InChI=1S/C24H27N5O4/c1-33-21-9-5-4-8-20(21)27-12-14-28(15-13-27)23(31)10-11-25-22(30)16-29-17-26-19-7-3-2-6-18(19)24(29)32/h2-9,17H,10-16H2,1H3,(H,25,30). The number of fused-ring (bicyclic) bond motifs is 1. The Morgan fingerprint density at radius 3 is 2.55 bits per heavy atom. The van der Waals surface area contributed by atoms with Gasteiger partial charge in [-0.15, -0.1) is 0 Å². The minimum atomic E-state index is -0.331. The van der Waals surface area contributed by atoms with Gasteiger partial charge in [0.15, 0.2) is 0 Å². The minimum absolute atomic E-state index is 0.000449. The van der Waals surface area contributed by atoms with E-state index in [9.17, 15) is 14.4 Å². The van der Waals surface area contributed by atoms with Crippen molar-refractivity contribution in [2.45, 2.75) is 13.0 Å². The molecule has 1 aliphatic heterocycles. The SMILES string of the molecule is COc1ccccc1N1CCN(C(=O)CCNC(=O)Cn2cnc3ccccc3c2=O)CC1. The number of rotatable bonds is 7. The van der Waals surface area contributed by atoms with Crippen molar-refractivity contribution in [3.8, 4) is 5.75 Å². The molecular weight excluding hydrogens is 422 g/mol. The lowest BCUT2D eigenvalue weighted by Crippen LogP contribution is -2.49. The number of ether oxygens (including phenoxy) is 1. The average molecular weight is 450 g/mol. The fourth-order valence-corrected chi connectivity index (χ4v) is 3.98. The van der Waals surface area contributed by atoms with Gasteiger partial charge < -0.3 is 19.9 Å². The van der Waals surface area contributed by atoms with E-state index in [-0.39, 0.29) is 36.9 Å². The number of anilines is 1. The molecule has 0 radical (unpaired) electrons. The molecule has 172 valence electrons. The number of carbonyl (C=O) groups excluding carboxylic acids is 2. The molecule has 1 fully saturated rings. The fourth-order valence-electron chi connectivity index (χ4n) is 3.98. The highest BCUT2D eigenvalue weighted by molar-refractivity contribution is 5.80. The van der Waals surface area contributed by atoms with Crippen molar-refractivity contribution in [3.05, 3.63) is 65.2 Å². The Hall–Kier alpha value is -3.88. The molecule has 1 aromatic heterocycles. The van der Waals surface area contributed by atoms with Crippen molar-refractivity contribution in [1.29, 1.82) is 0 Å². The molecule has 0 unspecified atom stereocenters. The number of benzene rings is 2. The first-order valence-electron chi connectivity index (χ1n) is 10.9. The Morgan fingerprint density at radius 2 is 1.76 bits per heavy atom. The van der Waals surface area contributed by atoms with Gasteiger partial charge in [-0.25, -0.2) is 4.98 Å². The third-order valence-corrected chi connectivity index (χ3v) is 5.76. The van der Waals surface area contributed by atoms with Crippen molar-refractivity contribution in [2.24, 2.45) is 0 Å². The van der Waals surface area contributed by atoms with E-state index in [1.807, 2.05) is 29.2 Å². The highest BCUT2D eigenvalue weighted by Crippen LogP contribution is 2.28. The number of para-hydroxylation sites is 3. The van der Waals surface area contributed by atoms with Crippen LogP contribution in [-0.4, -0.2) is 66.1 Å². The summed E-state index contributed by atoms with van der Waals surface area (Å²) < 4.78 is 6.71. The molecule has 0 bridgehead atoms. The highest BCUT2D eigenvalue weighted by Gasteiger charge is 2.22. The first-order valence-corrected chi connectivity index (χ1v) is 10.9. The number of nitrogens with zero attached hydrogens (tertiary/aromatic N) is 4. The molecule has 0 spiro atoms. The maximum Gasteiger partial charge on any atom is 0.261 e. The Morgan fingerprint density at radius 1 is 1.03 bits per heavy atom. The second-order valence-electron chi connectivity index (χ2n) is 7.83. The predicted molar refractivity (Wildman–Crippen MR) is 125 cm³/mol. The largest absolute Gasteiger partial charge is 0.495 e. The van der Waals surface area contributed by atoms with Gasteiger partial charge >= 0.3 is 0 Å². The summed E-state index contributed by atoms with van der Waals surface area (Å²) in [5.41, 5.74) is 1.35. The molecule has 0 saturated carbocycles. The zero-order valence-electron chi connectivity index (χ0n) is 18.6.